The van der Waals surface area contributed by atoms with E-state index < -0.39 is 0 Å². The van der Waals surface area contributed by atoms with Gasteiger partial charge >= 0.3 is 0 Å². The van der Waals surface area contributed by atoms with Gasteiger partial charge in [-0.05, 0) is 64.7 Å². The summed E-state index contributed by atoms with van der Waals surface area (Å²) in [5.41, 5.74) is 1.35. The van der Waals surface area contributed by atoms with Crippen molar-refractivity contribution in [2.24, 2.45) is 0 Å². The fourth-order valence-electron chi connectivity index (χ4n) is 2.35. The van der Waals surface area contributed by atoms with E-state index in [1.165, 1.54) is 31.2 Å². The highest BCUT2D eigenvalue weighted by atomic mass is 79.9. The van der Waals surface area contributed by atoms with Gasteiger partial charge in [0.15, 0.2) is 0 Å². The average molecular weight is 362 g/mol. The van der Waals surface area contributed by atoms with Gasteiger partial charge in [0.05, 0.1) is 6.10 Å². The van der Waals surface area contributed by atoms with E-state index in [0.29, 0.717) is 6.10 Å². The lowest BCUT2D eigenvalue weighted by Crippen LogP contribution is -3.00. The van der Waals surface area contributed by atoms with Crippen LogP contribution in [-0.2, 0) is 6.54 Å². The molecular formula is C16H24BrClNO-. The predicted octanol–water partition coefficient (Wildman–Crippen LogP) is 1.66. The number of halogens is 2. The Morgan fingerprint density at radius 1 is 1.25 bits per heavy atom. The maximum absolute atomic E-state index is 6.17. The van der Waals surface area contributed by atoms with Crippen LogP contribution in [0.25, 0.3) is 0 Å². The van der Waals surface area contributed by atoms with Crippen LogP contribution in [0.15, 0.2) is 22.7 Å². The smallest absolute Gasteiger partial charge is 0.124 e. The first-order valence-corrected chi connectivity index (χ1v) is 7.93. The lowest BCUT2D eigenvalue weighted by molar-refractivity contribution is -0.00000555. The third-order valence-corrected chi connectivity index (χ3v) is 3.92. The number of nitrogens with one attached hydrogen (secondary N) is 1. The average Bonchev–Trinajstić information content (AvgIpc) is 2.81. The fourth-order valence-corrected chi connectivity index (χ4v) is 2.76. The molecule has 1 aliphatic rings. The van der Waals surface area contributed by atoms with Gasteiger partial charge in [-0.3, -0.25) is 0 Å². The summed E-state index contributed by atoms with van der Waals surface area (Å²) in [5, 5.41) is 3.53. The molecule has 0 heterocycles. The Bertz CT molecular complexity index is 425. The Hall–Kier alpha value is -0.250. The van der Waals surface area contributed by atoms with E-state index in [9.17, 15) is 0 Å². The lowest BCUT2D eigenvalue weighted by atomic mass is 10.1. The van der Waals surface area contributed by atoms with Crippen molar-refractivity contribution in [1.82, 2.24) is 5.32 Å². The standard InChI is InChI=1S/C16H24BrNO.ClH/c1-16(2,3)18-11-12-10-13(17)8-9-15(12)19-14-6-4-5-7-14;/h8-10,14,18H,4-7,11H2,1-3H3;1H/p-1. The first-order valence-electron chi connectivity index (χ1n) is 7.14. The number of ether oxygens (including phenoxy) is 1. The quantitative estimate of drug-likeness (QED) is 0.881. The van der Waals surface area contributed by atoms with Crippen LogP contribution < -0.4 is 22.5 Å². The van der Waals surface area contributed by atoms with Crippen LogP contribution in [0.1, 0.15) is 52.0 Å². The molecule has 0 saturated heterocycles. The summed E-state index contributed by atoms with van der Waals surface area (Å²) >= 11 is 3.55. The van der Waals surface area contributed by atoms with Gasteiger partial charge in [0, 0.05) is 22.1 Å². The summed E-state index contributed by atoms with van der Waals surface area (Å²) in [5.74, 6) is 1.03. The van der Waals surface area contributed by atoms with Crippen molar-refractivity contribution in [2.45, 2.75) is 64.6 Å². The molecule has 114 valence electrons. The van der Waals surface area contributed by atoms with Crippen molar-refractivity contribution in [2.75, 3.05) is 0 Å². The molecule has 1 aliphatic carbocycles. The molecule has 0 bridgehead atoms. The van der Waals surface area contributed by atoms with Crippen molar-refractivity contribution in [3.8, 4) is 5.75 Å². The normalized spacial score (nSPS) is 16.0. The molecule has 20 heavy (non-hydrogen) atoms. The van der Waals surface area contributed by atoms with Crippen molar-refractivity contribution in [1.29, 1.82) is 0 Å². The van der Waals surface area contributed by atoms with Crippen molar-refractivity contribution in [3.05, 3.63) is 28.2 Å². The Labute approximate surface area is 137 Å². The van der Waals surface area contributed by atoms with Crippen LogP contribution in [0.5, 0.6) is 5.75 Å². The largest absolute Gasteiger partial charge is 1.00 e. The molecule has 0 atom stereocenters. The van der Waals surface area contributed by atoms with E-state index in [-0.39, 0.29) is 17.9 Å². The molecule has 0 amide bonds. The van der Waals surface area contributed by atoms with Gasteiger partial charge in [0.25, 0.3) is 0 Å². The van der Waals surface area contributed by atoms with Gasteiger partial charge in [-0.25, -0.2) is 0 Å². The minimum absolute atomic E-state index is 0. The Morgan fingerprint density at radius 3 is 2.50 bits per heavy atom. The molecule has 0 aromatic heterocycles. The summed E-state index contributed by atoms with van der Waals surface area (Å²) in [6.45, 7) is 7.39. The first-order chi connectivity index (χ1) is 8.94. The number of hydrogen-bond donors (Lipinski definition) is 1. The molecule has 2 rings (SSSR count). The highest BCUT2D eigenvalue weighted by molar-refractivity contribution is 9.10. The first kappa shape index (κ1) is 17.8. The van der Waals surface area contributed by atoms with E-state index >= 15 is 0 Å². The highest BCUT2D eigenvalue weighted by Crippen LogP contribution is 2.29. The van der Waals surface area contributed by atoms with E-state index in [1.807, 2.05) is 0 Å². The van der Waals surface area contributed by atoms with Gasteiger partial charge in [-0.2, -0.15) is 0 Å². The molecule has 0 radical (unpaired) electrons. The summed E-state index contributed by atoms with van der Waals surface area (Å²) in [4.78, 5) is 0. The molecule has 0 aliphatic heterocycles. The van der Waals surface area contributed by atoms with E-state index in [4.69, 9.17) is 4.74 Å². The maximum atomic E-state index is 6.17. The van der Waals surface area contributed by atoms with Gasteiger partial charge in [0.2, 0.25) is 0 Å². The third-order valence-electron chi connectivity index (χ3n) is 3.43. The third kappa shape index (κ3) is 5.63. The Kier molecular flexibility index (Phi) is 6.83. The van der Waals surface area contributed by atoms with Crippen LogP contribution in [0.2, 0.25) is 0 Å². The van der Waals surface area contributed by atoms with Crippen LogP contribution in [0.4, 0.5) is 0 Å². The highest BCUT2D eigenvalue weighted by Gasteiger charge is 2.18. The minimum Gasteiger partial charge on any atom is -1.00 e. The topological polar surface area (TPSA) is 21.3 Å². The molecule has 1 saturated carbocycles. The summed E-state index contributed by atoms with van der Waals surface area (Å²) in [6.07, 6.45) is 5.41. The Morgan fingerprint density at radius 2 is 1.90 bits per heavy atom. The Balaban J connectivity index is 0.00000200. The monoisotopic (exact) mass is 360 g/mol. The summed E-state index contributed by atoms with van der Waals surface area (Å²) < 4.78 is 7.27. The second-order valence-corrected chi connectivity index (χ2v) is 7.30. The maximum Gasteiger partial charge on any atom is 0.124 e. The summed E-state index contributed by atoms with van der Waals surface area (Å²) in [6, 6.07) is 6.30. The number of rotatable bonds is 4. The zero-order valence-corrected chi connectivity index (χ0v) is 14.9. The van der Waals surface area contributed by atoms with Crippen molar-refractivity contribution < 1.29 is 17.1 Å². The molecular weight excluding hydrogens is 338 g/mol. The van der Waals surface area contributed by atoms with E-state index in [1.54, 1.807) is 0 Å². The molecule has 2 nitrogen and oxygen atoms in total. The van der Waals surface area contributed by atoms with Gasteiger partial charge in [-0.1, -0.05) is 15.9 Å². The van der Waals surface area contributed by atoms with Gasteiger partial charge in [0.1, 0.15) is 5.75 Å². The van der Waals surface area contributed by atoms with E-state index in [2.05, 4.69) is 60.2 Å². The number of benzene rings is 1. The minimum atomic E-state index is 0. The summed E-state index contributed by atoms with van der Waals surface area (Å²) in [7, 11) is 0. The zero-order chi connectivity index (χ0) is 13.9. The molecule has 4 heteroatoms. The second kappa shape index (κ2) is 7.67. The predicted molar refractivity (Wildman–Crippen MR) is 83.6 cm³/mol. The fraction of sp³-hybridized carbons (Fsp3) is 0.625. The molecule has 0 spiro atoms. The SMILES string of the molecule is CC(C)(C)NCc1cc(Br)ccc1OC1CCCC1.[Cl-]. The van der Waals surface area contributed by atoms with Crippen LogP contribution >= 0.6 is 15.9 Å². The van der Waals surface area contributed by atoms with Crippen molar-refractivity contribution >= 4 is 15.9 Å². The van der Waals surface area contributed by atoms with Crippen LogP contribution in [0, 0.1) is 0 Å². The zero-order valence-electron chi connectivity index (χ0n) is 12.5. The number of hydrogen-bond acceptors (Lipinski definition) is 2. The van der Waals surface area contributed by atoms with Crippen molar-refractivity contribution in [3.63, 3.8) is 0 Å². The second-order valence-electron chi connectivity index (χ2n) is 6.38. The van der Waals surface area contributed by atoms with Crippen LogP contribution in [0.3, 0.4) is 0 Å². The van der Waals surface area contributed by atoms with E-state index in [0.717, 1.165) is 16.8 Å². The molecule has 1 aromatic rings. The van der Waals surface area contributed by atoms with Gasteiger partial charge < -0.3 is 22.5 Å². The molecule has 0 unspecified atom stereocenters. The molecule has 1 fully saturated rings. The lowest BCUT2D eigenvalue weighted by Gasteiger charge is -2.23. The van der Waals surface area contributed by atoms with Crippen LogP contribution in [-0.4, -0.2) is 11.6 Å². The molecule has 1 N–H and O–H groups in total. The molecule has 1 aromatic carbocycles. The van der Waals surface area contributed by atoms with Gasteiger partial charge in [-0.15, -0.1) is 0 Å².